The number of methoxy groups -OCH3 is 1. The van der Waals surface area contributed by atoms with Crippen LogP contribution in [0.5, 0.6) is 5.75 Å². The van der Waals surface area contributed by atoms with Gasteiger partial charge in [0.25, 0.3) is 5.91 Å². The first-order valence-corrected chi connectivity index (χ1v) is 13.1. The molecule has 1 spiro atoms. The number of imide groups is 1. The Morgan fingerprint density at radius 2 is 1.68 bits per heavy atom. The predicted molar refractivity (Wildman–Crippen MR) is 132 cm³/mol. The Bertz CT molecular complexity index is 1010. The van der Waals surface area contributed by atoms with Crippen LogP contribution in [-0.2, 0) is 11.3 Å². The molecular weight excluding hydrogens is 450 g/mol. The van der Waals surface area contributed by atoms with Crippen molar-refractivity contribution in [2.45, 2.75) is 50.6 Å². The number of hydrogen-bond donors (Lipinski definition) is 1. The van der Waals surface area contributed by atoms with Gasteiger partial charge in [-0.25, -0.2) is 14.7 Å². The molecule has 5 rings (SSSR count). The van der Waals surface area contributed by atoms with Crippen molar-refractivity contribution in [3.8, 4) is 16.3 Å². The molecule has 2 aromatic rings. The van der Waals surface area contributed by atoms with E-state index in [2.05, 4.69) is 20.5 Å². The second kappa shape index (κ2) is 10.0. The molecule has 1 saturated carbocycles. The van der Waals surface area contributed by atoms with Crippen molar-refractivity contribution in [1.29, 1.82) is 0 Å². The van der Waals surface area contributed by atoms with Crippen molar-refractivity contribution >= 4 is 23.3 Å². The summed E-state index contributed by atoms with van der Waals surface area (Å²) < 4.78 is 5.24. The van der Waals surface area contributed by atoms with E-state index in [9.17, 15) is 9.59 Å². The number of piperazine rings is 1. The fraction of sp³-hybridized carbons (Fsp3) is 0.560. The number of carbonyl (C=O) groups is 2. The van der Waals surface area contributed by atoms with Crippen LogP contribution < -0.4 is 10.1 Å². The van der Waals surface area contributed by atoms with E-state index in [1.54, 1.807) is 18.4 Å². The Morgan fingerprint density at radius 1 is 1.00 bits per heavy atom. The number of ether oxygens (including phenoxy) is 1. The second-order valence-corrected chi connectivity index (χ2v) is 10.4. The van der Waals surface area contributed by atoms with E-state index in [1.165, 1.54) is 4.90 Å². The number of hydrogen-bond acceptors (Lipinski definition) is 7. The first kappa shape index (κ1) is 23.3. The number of aromatic nitrogens is 1. The number of nitrogens with one attached hydrogen (secondary N) is 1. The third kappa shape index (κ3) is 4.82. The van der Waals surface area contributed by atoms with Crippen LogP contribution in [0.4, 0.5) is 4.79 Å². The van der Waals surface area contributed by atoms with Crippen molar-refractivity contribution in [2.75, 3.05) is 40.0 Å². The molecule has 0 unspecified atom stereocenters. The molecule has 3 aliphatic rings. The summed E-state index contributed by atoms with van der Waals surface area (Å²) in [6, 6.07) is 7.77. The summed E-state index contributed by atoms with van der Waals surface area (Å²) in [7, 11) is 1.67. The molecule has 1 aromatic carbocycles. The van der Waals surface area contributed by atoms with Crippen molar-refractivity contribution in [3.05, 3.63) is 35.3 Å². The summed E-state index contributed by atoms with van der Waals surface area (Å²) in [6.45, 7) is 4.65. The standard InChI is InChI=1S/C25H33N5O3S/c1-33-21-8-6-19(7-9-21)22-26-20(17-34-22)16-28-12-14-29(15-13-28)18-30-23(31)25(27-24(30)32)10-4-2-3-5-11-25/h6-9,17H,2-5,10-16,18H2,1H3,(H,27,32). The van der Waals surface area contributed by atoms with Crippen LogP contribution in [0.25, 0.3) is 10.6 Å². The summed E-state index contributed by atoms with van der Waals surface area (Å²) in [5.41, 5.74) is 1.53. The van der Waals surface area contributed by atoms with E-state index >= 15 is 0 Å². The third-order valence-corrected chi connectivity index (χ3v) is 8.22. The Hall–Kier alpha value is -2.49. The minimum absolute atomic E-state index is 0.0182. The lowest BCUT2D eigenvalue weighted by atomic mass is 9.90. The lowest BCUT2D eigenvalue weighted by Crippen LogP contribution is -2.51. The Balaban J connectivity index is 1.12. The van der Waals surface area contributed by atoms with E-state index < -0.39 is 5.54 Å². The van der Waals surface area contributed by atoms with Gasteiger partial charge in [-0.3, -0.25) is 14.6 Å². The van der Waals surface area contributed by atoms with Crippen molar-refractivity contribution in [2.24, 2.45) is 0 Å². The van der Waals surface area contributed by atoms with Gasteiger partial charge in [-0.1, -0.05) is 25.7 Å². The highest BCUT2D eigenvalue weighted by molar-refractivity contribution is 7.13. The maximum atomic E-state index is 13.2. The van der Waals surface area contributed by atoms with Crippen LogP contribution in [0, 0.1) is 0 Å². The summed E-state index contributed by atoms with van der Waals surface area (Å²) in [5, 5.41) is 6.19. The average molecular weight is 484 g/mol. The van der Waals surface area contributed by atoms with E-state index in [-0.39, 0.29) is 11.9 Å². The number of amides is 3. The topological polar surface area (TPSA) is 78.0 Å². The molecular formula is C25H33N5O3S. The second-order valence-electron chi connectivity index (χ2n) is 9.57. The van der Waals surface area contributed by atoms with Gasteiger partial charge >= 0.3 is 6.03 Å². The lowest BCUT2D eigenvalue weighted by Gasteiger charge is -2.35. The zero-order valence-corrected chi connectivity index (χ0v) is 20.6. The molecule has 3 heterocycles. The highest BCUT2D eigenvalue weighted by Crippen LogP contribution is 2.33. The lowest BCUT2D eigenvalue weighted by molar-refractivity contribution is -0.133. The van der Waals surface area contributed by atoms with Crippen LogP contribution in [0.2, 0.25) is 0 Å². The van der Waals surface area contributed by atoms with Gasteiger partial charge in [-0.2, -0.15) is 0 Å². The zero-order chi connectivity index (χ0) is 23.5. The normalized spacial score (nSPS) is 21.6. The minimum Gasteiger partial charge on any atom is -0.497 e. The quantitative estimate of drug-likeness (QED) is 0.634. The zero-order valence-electron chi connectivity index (χ0n) is 19.8. The van der Waals surface area contributed by atoms with Crippen LogP contribution >= 0.6 is 11.3 Å². The molecule has 1 N–H and O–H groups in total. The Morgan fingerprint density at radius 3 is 2.35 bits per heavy atom. The third-order valence-electron chi connectivity index (χ3n) is 7.28. The van der Waals surface area contributed by atoms with E-state index in [0.717, 1.165) is 93.3 Å². The van der Waals surface area contributed by atoms with Crippen LogP contribution in [-0.4, -0.2) is 77.1 Å². The monoisotopic (exact) mass is 483 g/mol. The summed E-state index contributed by atoms with van der Waals surface area (Å²) in [6.07, 6.45) is 5.85. The number of urea groups is 1. The Labute approximate surface area is 204 Å². The fourth-order valence-electron chi connectivity index (χ4n) is 5.24. The van der Waals surface area contributed by atoms with Crippen LogP contribution in [0.3, 0.4) is 0 Å². The van der Waals surface area contributed by atoms with Gasteiger partial charge in [0.1, 0.15) is 16.3 Å². The summed E-state index contributed by atoms with van der Waals surface area (Å²) in [4.78, 5) is 36.7. The molecule has 0 bridgehead atoms. The molecule has 1 aromatic heterocycles. The van der Waals surface area contributed by atoms with Gasteiger partial charge in [0.05, 0.1) is 19.5 Å². The molecule has 0 atom stereocenters. The van der Waals surface area contributed by atoms with Gasteiger partial charge in [-0.15, -0.1) is 11.3 Å². The minimum atomic E-state index is -0.651. The van der Waals surface area contributed by atoms with Gasteiger partial charge in [0.2, 0.25) is 0 Å². The van der Waals surface area contributed by atoms with Gasteiger partial charge in [-0.05, 0) is 37.1 Å². The van der Waals surface area contributed by atoms with Crippen molar-refractivity contribution in [1.82, 2.24) is 25.0 Å². The molecule has 34 heavy (non-hydrogen) atoms. The smallest absolute Gasteiger partial charge is 0.326 e. The molecule has 9 heteroatoms. The highest BCUT2D eigenvalue weighted by atomic mass is 32.1. The molecule has 3 amide bonds. The first-order chi connectivity index (χ1) is 16.6. The van der Waals surface area contributed by atoms with E-state index in [0.29, 0.717) is 6.67 Å². The van der Waals surface area contributed by atoms with Gasteiger partial charge in [0.15, 0.2) is 0 Å². The van der Waals surface area contributed by atoms with Crippen molar-refractivity contribution < 1.29 is 14.3 Å². The highest BCUT2D eigenvalue weighted by Gasteiger charge is 2.51. The molecule has 2 aliphatic heterocycles. The number of rotatable bonds is 6. The van der Waals surface area contributed by atoms with Gasteiger partial charge < -0.3 is 10.1 Å². The van der Waals surface area contributed by atoms with Gasteiger partial charge in [0, 0.05) is 43.7 Å². The molecule has 182 valence electrons. The predicted octanol–water partition coefficient (Wildman–Crippen LogP) is 3.54. The number of thiazole rings is 1. The molecule has 0 radical (unpaired) electrons. The first-order valence-electron chi connectivity index (χ1n) is 12.2. The summed E-state index contributed by atoms with van der Waals surface area (Å²) in [5.74, 6) is 0.825. The average Bonchev–Trinajstić information content (AvgIpc) is 3.30. The fourth-order valence-corrected chi connectivity index (χ4v) is 6.06. The van der Waals surface area contributed by atoms with E-state index in [1.807, 2.05) is 24.3 Å². The molecule has 2 saturated heterocycles. The van der Waals surface area contributed by atoms with Crippen LogP contribution in [0.1, 0.15) is 44.2 Å². The number of benzene rings is 1. The number of carbonyl (C=O) groups excluding carboxylic acids is 2. The molecule has 1 aliphatic carbocycles. The molecule has 3 fully saturated rings. The Kier molecular flexibility index (Phi) is 6.85. The largest absolute Gasteiger partial charge is 0.497 e. The van der Waals surface area contributed by atoms with Crippen LogP contribution in [0.15, 0.2) is 29.6 Å². The SMILES string of the molecule is COc1ccc(-c2nc(CN3CCN(CN4C(=O)NC5(CCCCCC5)C4=O)CC3)cs2)cc1. The molecule has 8 nitrogen and oxygen atoms in total. The summed E-state index contributed by atoms with van der Waals surface area (Å²) >= 11 is 1.66. The maximum absolute atomic E-state index is 13.2. The van der Waals surface area contributed by atoms with E-state index in [4.69, 9.17) is 9.72 Å². The maximum Gasteiger partial charge on any atom is 0.326 e. The number of nitrogens with zero attached hydrogens (tertiary/aromatic N) is 4. The van der Waals surface area contributed by atoms with Crippen molar-refractivity contribution in [3.63, 3.8) is 0 Å².